The van der Waals surface area contributed by atoms with Crippen LogP contribution in [-0.4, -0.2) is 47.7 Å². The molecule has 4 rings (SSSR count). The molecule has 158 valence electrons. The third kappa shape index (κ3) is 3.17. The second kappa shape index (κ2) is 6.71. The van der Waals surface area contributed by atoms with E-state index in [1.165, 1.54) is 31.6 Å². The first-order chi connectivity index (χ1) is 14.1. The Bertz CT molecular complexity index is 1160. The molecular weight excluding hydrogens is 415 g/mol. The van der Waals surface area contributed by atoms with Crippen molar-refractivity contribution in [3.8, 4) is 5.88 Å². The lowest BCUT2D eigenvalue weighted by Crippen LogP contribution is -2.55. The van der Waals surface area contributed by atoms with Crippen molar-refractivity contribution in [2.75, 3.05) is 18.2 Å². The molecule has 1 atom stereocenters. The molecule has 30 heavy (non-hydrogen) atoms. The molecule has 2 aliphatic rings. The first kappa shape index (κ1) is 20.2. The first-order valence-electron chi connectivity index (χ1n) is 8.95. The molecule has 0 saturated heterocycles. The number of methoxy groups -OCH3 is 1. The number of nitrogens with zero attached hydrogens (tertiary/aromatic N) is 3. The van der Waals surface area contributed by atoms with Crippen LogP contribution in [0.5, 0.6) is 5.88 Å². The lowest BCUT2D eigenvalue weighted by atomic mass is 10.0. The summed E-state index contributed by atoms with van der Waals surface area (Å²) < 4.78 is 43.7. The Morgan fingerprint density at radius 3 is 2.57 bits per heavy atom. The van der Waals surface area contributed by atoms with E-state index in [2.05, 4.69) is 20.3 Å². The van der Waals surface area contributed by atoms with Crippen molar-refractivity contribution in [2.45, 2.75) is 23.3 Å². The normalized spacial score (nSPS) is 23.5. The summed E-state index contributed by atoms with van der Waals surface area (Å²) in [5.41, 5.74) is 10.2. The van der Waals surface area contributed by atoms with Crippen LogP contribution in [0.25, 0.3) is 0 Å². The molecule has 1 aromatic heterocycles. The molecule has 5 N–H and O–H groups in total. The molecule has 1 aliphatic heterocycles. The summed E-state index contributed by atoms with van der Waals surface area (Å²) in [5, 5.41) is 2.55. The predicted molar refractivity (Wildman–Crippen MR) is 106 cm³/mol. The van der Waals surface area contributed by atoms with E-state index in [9.17, 15) is 17.6 Å². The molecule has 2 heterocycles. The molecule has 1 fully saturated rings. The van der Waals surface area contributed by atoms with Crippen molar-refractivity contribution in [3.63, 3.8) is 0 Å². The van der Waals surface area contributed by atoms with Gasteiger partial charge in [-0.25, -0.2) is 27.8 Å². The SMILES string of the molecule is COc1cnc(C(=O)Nc2ccc(F)c([C@]3(N)CS(=O)(=O)C4(CC4)C(N)=N3)c2)cn1. The van der Waals surface area contributed by atoms with Gasteiger partial charge in [-0.2, -0.15) is 0 Å². The van der Waals surface area contributed by atoms with E-state index in [0.29, 0.717) is 12.8 Å². The van der Waals surface area contributed by atoms with Gasteiger partial charge in [0.25, 0.3) is 5.91 Å². The quantitative estimate of drug-likeness (QED) is 0.619. The Hall–Kier alpha value is -3.12. The second-order valence-electron chi connectivity index (χ2n) is 7.27. The minimum absolute atomic E-state index is 0.00215. The zero-order valence-corrected chi connectivity index (χ0v) is 16.7. The highest BCUT2D eigenvalue weighted by Crippen LogP contribution is 2.49. The Balaban J connectivity index is 1.65. The van der Waals surface area contributed by atoms with Crippen molar-refractivity contribution < 1.29 is 22.3 Å². The minimum Gasteiger partial charge on any atom is -0.480 e. The van der Waals surface area contributed by atoms with Crippen molar-refractivity contribution in [3.05, 3.63) is 47.7 Å². The van der Waals surface area contributed by atoms with Gasteiger partial charge in [-0.3, -0.25) is 4.79 Å². The van der Waals surface area contributed by atoms with Crippen LogP contribution in [0.4, 0.5) is 10.1 Å². The topological polar surface area (TPSA) is 163 Å². The van der Waals surface area contributed by atoms with E-state index in [-0.39, 0.29) is 28.7 Å². The zero-order chi connectivity index (χ0) is 21.7. The number of amides is 1. The fourth-order valence-corrected chi connectivity index (χ4v) is 5.59. The van der Waals surface area contributed by atoms with Crippen LogP contribution in [0, 0.1) is 5.82 Å². The molecule has 1 amide bonds. The van der Waals surface area contributed by atoms with Crippen LogP contribution in [-0.2, 0) is 15.5 Å². The number of aliphatic imine (C=N–C) groups is 1. The van der Waals surface area contributed by atoms with E-state index >= 15 is 0 Å². The van der Waals surface area contributed by atoms with E-state index in [0.717, 1.165) is 6.07 Å². The summed E-state index contributed by atoms with van der Waals surface area (Å²) in [7, 11) is -2.31. The molecule has 0 unspecified atom stereocenters. The highest BCUT2D eigenvalue weighted by atomic mass is 32.2. The van der Waals surface area contributed by atoms with Crippen LogP contribution in [0.15, 0.2) is 35.6 Å². The Labute approximate surface area is 171 Å². The number of sulfone groups is 1. The van der Waals surface area contributed by atoms with Crippen LogP contribution >= 0.6 is 0 Å². The number of hydrogen-bond acceptors (Lipinski definition) is 9. The van der Waals surface area contributed by atoms with Gasteiger partial charge >= 0.3 is 0 Å². The number of rotatable bonds is 4. The number of ether oxygens (including phenoxy) is 1. The third-order valence-electron chi connectivity index (χ3n) is 5.26. The van der Waals surface area contributed by atoms with Gasteiger partial charge in [-0.15, -0.1) is 0 Å². The van der Waals surface area contributed by atoms with Crippen molar-refractivity contribution in [1.29, 1.82) is 0 Å². The molecule has 12 heteroatoms. The van der Waals surface area contributed by atoms with Gasteiger partial charge in [-0.1, -0.05) is 0 Å². The Kier molecular flexibility index (Phi) is 4.51. The molecule has 0 bridgehead atoms. The number of benzene rings is 1. The molecule has 1 saturated carbocycles. The van der Waals surface area contributed by atoms with Gasteiger partial charge < -0.3 is 21.5 Å². The maximum absolute atomic E-state index is 14.6. The van der Waals surface area contributed by atoms with E-state index in [4.69, 9.17) is 16.2 Å². The summed E-state index contributed by atoms with van der Waals surface area (Å²) >= 11 is 0. The summed E-state index contributed by atoms with van der Waals surface area (Å²) in [6.07, 6.45) is 3.25. The van der Waals surface area contributed by atoms with E-state index in [1.807, 2.05) is 0 Å². The molecular formula is C18H19FN6O4S. The second-order valence-corrected chi connectivity index (χ2v) is 9.57. The highest BCUT2D eigenvalue weighted by Gasteiger charge is 2.62. The Morgan fingerprint density at radius 2 is 2.00 bits per heavy atom. The Morgan fingerprint density at radius 1 is 1.27 bits per heavy atom. The number of anilines is 1. The number of hydrogen-bond donors (Lipinski definition) is 3. The monoisotopic (exact) mass is 434 g/mol. The van der Waals surface area contributed by atoms with Crippen LogP contribution in [0.3, 0.4) is 0 Å². The predicted octanol–water partition coefficient (Wildman–Crippen LogP) is 0.306. The zero-order valence-electron chi connectivity index (χ0n) is 15.9. The fraction of sp³-hybridized carbons (Fsp3) is 0.333. The van der Waals surface area contributed by atoms with Crippen LogP contribution in [0.2, 0.25) is 0 Å². The number of nitrogens with one attached hydrogen (secondary N) is 1. The maximum Gasteiger partial charge on any atom is 0.275 e. The molecule has 10 nitrogen and oxygen atoms in total. The molecule has 2 aromatic rings. The fourth-order valence-electron chi connectivity index (χ4n) is 3.42. The average molecular weight is 434 g/mol. The molecule has 1 aliphatic carbocycles. The largest absolute Gasteiger partial charge is 0.480 e. The van der Waals surface area contributed by atoms with Crippen molar-refractivity contribution in [2.24, 2.45) is 16.5 Å². The molecule has 1 spiro atoms. The molecule has 0 radical (unpaired) electrons. The molecule has 1 aromatic carbocycles. The van der Waals surface area contributed by atoms with E-state index < -0.39 is 37.7 Å². The lowest BCUT2D eigenvalue weighted by molar-refractivity contribution is 0.102. The number of amidine groups is 1. The van der Waals surface area contributed by atoms with Crippen molar-refractivity contribution in [1.82, 2.24) is 9.97 Å². The summed E-state index contributed by atoms with van der Waals surface area (Å²) in [5.74, 6) is -1.83. The first-order valence-corrected chi connectivity index (χ1v) is 10.6. The number of aromatic nitrogens is 2. The summed E-state index contributed by atoms with van der Waals surface area (Å²) in [4.78, 5) is 24.4. The highest BCUT2D eigenvalue weighted by molar-refractivity contribution is 7.94. The van der Waals surface area contributed by atoms with E-state index in [1.54, 1.807) is 0 Å². The van der Waals surface area contributed by atoms with Gasteiger partial charge in [0.1, 0.15) is 22.1 Å². The smallest absolute Gasteiger partial charge is 0.275 e. The number of carbonyl (C=O) groups excluding carboxylic acids is 1. The maximum atomic E-state index is 14.6. The van der Waals surface area contributed by atoms with Gasteiger partial charge in [0.2, 0.25) is 5.88 Å². The standard InChI is InChI=1S/C18H19FN6O4S/c1-29-14-8-22-13(7-23-14)15(26)24-10-2-3-12(19)11(6-10)18(21)9-30(27,28)17(4-5-17)16(20)25-18/h2-3,6-8H,4-5,9,21H2,1H3,(H2,20,25)(H,24,26)/t18-/m0/s1. The van der Waals surface area contributed by atoms with Gasteiger partial charge in [0.05, 0.1) is 25.3 Å². The summed E-state index contributed by atoms with van der Waals surface area (Å²) in [6.45, 7) is 0. The number of nitrogens with two attached hydrogens (primary N) is 2. The average Bonchev–Trinajstić information content (AvgIpc) is 3.50. The third-order valence-corrected chi connectivity index (χ3v) is 7.89. The summed E-state index contributed by atoms with van der Waals surface area (Å²) in [6, 6.07) is 3.62. The van der Waals surface area contributed by atoms with Crippen molar-refractivity contribution >= 4 is 27.3 Å². The van der Waals surface area contributed by atoms with Gasteiger partial charge in [0, 0.05) is 11.3 Å². The number of halogens is 1. The lowest BCUT2D eigenvalue weighted by Gasteiger charge is -2.34. The number of carbonyl (C=O) groups is 1. The van der Waals surface area contributed by atoms with Crippen LogP contribution < -0.4 is 21.5 Å². The van der Waals surface area contributed by atoms with Crippen LogP contribution in [0.1, 0.15) is 28.9 Å². The van der Waals surface area contributed by atoms with Gasteiger partial charge in [0.15, 0.2) is 15.5 Å². The minimum atomic E-state index is -3.72. The van der Waals surface area contributed by atoms with Gasteiger partial charge in [-0.05, 0) is 31.0 Å².